The zero-order valence-electron chi connectivity index (χ0n) is 15.3. The maximum absolute atomic E-state index is 12.7. The number of aryl methyl sites for hydroxylation is 1. The number of ether oxygens (including phenoxy) is 1. The van der Waals surface area contributed by atoms with E-state index in [9.17, 15) is 14.9 Å². The Morgan fingerprint density at radius 3 is 2.64 bits per heavy atom. The van der Waals surface area contributed by atoms with Gasteiger partial charge < -0.3 is 4.74 Å². The predicted molar refractivity (Wildman–Crippen MR) is 104 cm³/mol. The van der Waals surface area contributed by atoms with Crippen molar-refractivity contribution in [2.24, 2.45) is 0 Å². The predicted octanol–water partition coefficient (Wildman–Crippen LogP) is 4.72. The van der Waals surface area contributed by atoms with E-state index in [2.05, 4.69) is 5.10 Å². The van der Waals surface area contributed by atoms with Gasteiger partial charge in [-0.1, -0.05) is 54.1 Å². The van der Waals surface area contributed by atoms with E-state index >= 15 is 0 Å². The summed E-state index contributed by atoms with van der Waals surface area (Å²) in [6, 6.07) is 15.6. The number of hydrogen-bond donors (Lipinski definition) is 0. The Labute approximate surface area is 166 Å². The van der Waals surface area contributed by atoms with Crippen LogP contribution in [0.15, 0.2) is 54.6 Å². The quantitative estimate of drug-likeness (QED) is 0.340. The van der Waals surface area contributed by atoms with Crippen LogP contribution in [0.2, 0.25) is 5.15 Å². The molecule has 0 unspecified atom stereocenters. The van der Waals surface area contributed by atoms with E-state index in [4.69, 9.17) is 16.3 Å². The van der Waals surface area contributed by atoms with Crippen molar-refractivity contribution in [2.45, 2.75) is 26.5 Å². The first kappa shape index (κ1) is 19.6. The molecular formula is C20H18ClN3O4. The Morgan fingerprint density at radius 2 is 1.96 bits per heavy atom. The van der Waals surface area contributed by atoms with E-state index < -0.39 is 17.0 Å². The van der Waals surface area contributed by atoms with Gasteiger partial charge in [0.2, 0.25) is 0 Å². The molecule has 0 radical (unpaired) electrons. The maximum atomic E-state index is 12.7. The Balaban J connectivity index is 1.79. The summed E-state index contributed by atoms with van der Waals surface area (Å²) in [4.78, 5) is 23.1. The summed E-state index contributed by atoms with van der Waals surface area (Å²) in [7, 11) is 0. The monoisotopic (exact) mass is 399 g/mol. The summed E-state index contributed by atoms with van der Waals surface area (Å²) in [5.74, 6) is -0.624. The molecule has 0 saturated carbocycles. The maximum Gasteiger partial charge on any atom is 0.343 e. The van der Waals surface area contributed by atoms with Crippen molar-refractivity contribution in [1.29, 1.82) is 0 Å². The van der Waals surface area contributed by atoms with Gasteiger partial charge in [-0.2, -0.15) is 5.10 Å². The van der Waals surface area contributed by atoms with Gasteiger partial charge in [0.1, 0.15) is 16.8 Å². The SMILES string of the molecule is Cc1nn(Cc2ccccc2)c(Cl)c1C(=O)O[C@H](C)c1cccc([N+](=O)[O-])c1. The van der Waals surface area contributed by atoms with Crippen molar-refractivity contribution in [3.05, 3.63) is 92.2 Å². The van der Waals surface area contributed by atoms with E-state index in [0.29, 0.717) is 17.8 Å². The molecule has 7 nitrogen and oxygen atoms in total. The second kappa shape index (κ2) is 8.22. The molecular weight excluding hydrogens is 382 g/mol. The summed E-state index contributed by atoms with van der Waals surface area (Å²) in [5, 5.41) is 15.5. The van der Waals surface area contributed by atoms with Crippen LogP contribution < -0.4 is 0 Å². The highest BCUT2D eigenvalue weighted by molar-refractivity contribution is 6.32. The number of nitro benzene ring substituents is 1. The molecule has 0 aliphatic rings. The highest BCUT2D eigenvalue weighted by Gasteiger charge is 2.24. The van der Waals surface area contributed by atoms with Gasteiger partial charge in [0.05, 0.1) is 17.2 Å². The number of nitrogens with zero attached hydrogens (tertiary/aromatic N) is 3. The Bertz CT molecular complexity index is 1020. The van der Waals surface area contributed by atoms with Gasteiger partial charge in [0, 0.05) is 12.1 Å². The smallest absolute Gasteiger partial charge is 0.343 e. The number of carbonyl (C=O) groups excluding carboxylic acids is 1. The van der Waals surface area contributed by atoms with Crippen LogP contribution in [0.5, 0.6) is 0 Å². The summed E-state index contributed by atoms with van der Waals surface area (Å²) in [6.45, 7) is 3.75. The Kier molecular flexibility index (Phi) is 5.75. The molecule has 1 aromatic heterocycles. The molecule has 0 amide bonds. The molecule has 0 aliphatic carbocycles. The molecule has 0 spiro atoms. The lowest BCUT2D eigenvalue weighted by Gasteiger charge is -2.13. The topological polar surface area (TPSA) is 87.3 Å². The molecule has 2 aromatic carbocycles. The first-order chi connectivity index (χ1) is 13.4. The molecule has 0 N–H and O–H groups in total. The highest BCUT2D eigenvalue weighted by Crippen LogP contribution is 2.26. The Hall–Kier alpha value is -3.19. The lowest BCUT2D eigenvalue weighted by molar-refractivity contribution is -0.385. The molecule has 0 saturated heterocycles. The molecule has 0 bridgehead atoms. The third-order valence-electron chi connectivity index (χ3n) is 4.28. The number of halogens is 1. The molecule has 144 valence electrons. The number of esters is 1. The van der Waals surface area contributed by atoms with Gasteiger partial charge >= 0.3 is 5.97 Å². The van der Waals surface area contributed by atoms with Crippen LogP contribution in [0, 0.1) is 17.0 Å². The molecule has 0 aliphatic heterocycles. The normalized spacial score (nSPS) is 11.8. The van der Waals surface area contributed by atoms with Gasteiger partial charge in [-0.25, -0.2) is 9.48 Å². The molecule has 8 heteroatoms. The fraction of sp³-hybridized carbons (Fsp3) is 0.200. The van der Waals surface area contributed by atoms with Gasteiger partial charge in [0.15, 0.2) is 0 Å². The number of carbonyl (C=O) groups is 1. The second-order valence-electron chi connectivity index (χ2n) is 6.29. The van der Waals surface area contributed by atoms with Crippen molar-refractivity contribution >= 4 is 23.3 Å². The molecule has 3 aromatic rings. The van der Waals surface area contributed by atoms with Crippen LogP contribution in [0.3, 0.4) is 0 Å². The van der Waals surface area contributed by atoms with Crippen LogP contribution in [0.4, 0.5) is 5.69 Å². The van der Waals surface area contributed by atoms with Gasteiger partial charge in [-0.3, -0.25) is 10.1 Å². The number of rotatable bonds is 6. The standard InChI is InChI=1S/C20H18ClN3O4/c1-13-18(19(21)23(22-13)12-15-7-4-3-5-8-15)20(25)28-14(2)16-9-6-10-17(11-16)24(26)27/h3-11,14H,12H2,1-2H3/t14-/m1/s1. The summed E-state index contributed by atoms with van der Waals surface area (Å²) in [5.41, 5.74) is 2.10. The number of hydrogen-bond acceptors (Lipinski definition) is 5. The van der Waals surface area contributed by atoms with Crippen molar-refractivity contribution in [3.8, 4) is 0 Å². The molecule has 1 heterocycles. The molecule has 1 atom stereocenters. The van der Waals surface area contributed by atoms with Crippen LogP contribution in [0.1, 0.15) is 40.2 Å². The minimum Gasteiger partial charge on any atom is -0.454 e. The van der Waals surface area contributed by atoms with E-state index in [0.717, 1.165) is 5.56 Å². The molecule has 28 heavy (non-hydrogen) atoms. The van der Waals surface area contributed by atoms with Crippen LogP contribution >= 0.6 is 11.6 Å². The zero-order valence-corrected chi connectivity index (χ0v) is 16.1. The highest BCUT2D eigenvalue weighted by atomic mass is 35.5. The largest absolute Gasteiger partial charge is 0.454 e. The third kappa shape index (κ3) is 4.20. The van der Waals surface area contributed by atoms with Crippen LogP contribution in [-0.4, -0.2) is 20.7 Å². The minimum absolute atomic E-state index is 0.0645. The van der Waals surface area contributed by atoms with E-state index in [-0.39, 0.29) is 16.4 Å². The van der Waals surface area contributed by atoms with Gasteiger partial charge in [0.25, 0.3) is 5.69 Å². The van der Waals surface area contributed by atoms with E-state index in [1.807, 2.05) is 30.3 Å². The van der Waals surface area contributed by atoms with Crippen molar-refractivity contribution in [3.63, 3.8) is 0 Å². The summed E-state index contributed by atoms with van der Waals surface area (Å²) >= 11 is 6.38. The van der Waals surface area contributed by atoms with Gasteiger partial charge in [-0.05, 0) is 25.0 Å². The lowest BCUT2D eigenvalue weighted by atomic mass is 10.1. The average Bonchev–Trinajstić information content (AvgIpc) is 2.95. The summed E-state index contributed by atoms with van der Waals surface area (Å²) < 4.78 is 7.03. The minimum atomic E-state index is -0.680. The number of non-ortho nitro benzene ring substituents is 1. The first-order valence-corrected chi connectivity index (χ1v) is 8.96. The Morgan fingerprint density at radius 1 is 1.25 bits per heavy atom. The van der Waals surface area contributed by atoms with Crippen LogP contribution in [0.25, 0.3) is 0 Å². The third-order valence-corrected chi connectivity index (χ3v) is 4.66. The van der Waals surface area contributed by atoms with Crippen molar-refractivity contribution in [2.75, 3.05) is 0 Å². The zero-order chi connectivity index (χ0) is 20.3. The van der Waals surface area contributed by atoms with Crippen molar-refractivity contribution < 1.29 is 14.5 Å². The summed E-state index contributed by atoms with van der Waals surface area (Å²) in [6.07, 6.45) is -0.680. The molecule has 3 rings (SSSR count). The fourth-order valence-corrected chi connectivity index (χ4v) is 3.14. The van der Waals surface area contributed by atoms with Crippen molar-refractivity contribution in [1.82, 2.24) is 9.78 Å². The second-order valence-corrected chi connectivity index (χ2v) is 6.65. The van der Waals surface area contributed by atoms with E-state index in [1.165, 1.54) is 12.1 Å². The number of benzene rings is 2. The lowest BCUT2D eigenvalue weighted by Crippen LogP contribution is -2.11. The number of aromatic nitrogens is 2. The number of nitro groups is 1. The van der Waals surface area contributed by atoms with E-state index in [1.54, 1.807) is 30.7 Å². The van der Waals surface area contributed by atoms with Crippen LogP contribution in [-0.2, 0) is 11.3 Å². The fourth-order valence-electron chi connectivity index (χ4n) is 2.83. The molecule has 0 fully saturated rings. The van der Waals surface area contributed by atoms with Gasteiger partial charge in [-0.15, -0.1) is 0 Å². The average molecular weight is 400 g/mol. The first-order valence-electron chi connectivity index (χ1n) is 8.59.